The van der Waals surface area contributed by atoms with Crippen LogP contribution in [0.25, 0.3) is 11.0 Å². The Morgan fingerprint density at radius 1 is 1.32 bits per heavy atom. The molecule has 2 aliphatic heterocycles. The molecule has 1 aromatic carbocycles. The van der Waals surface area contributed by atoms with E-state index in [4.69, 9.17) is 4.42 Å². The molecule has 110 valence electrons. The van der Waals surface area contributed by atoms with Crippen molar-refractivity contribution in [3.63, 3.8) is 0 Å². The number of nitrogens with one attached hydrogen (secondary N) is 1. The van der Waals surface area contributed by atoms with Crippen molar-refractivity contribution in [3.8, 4) is 0 Å². The maximum atomic E-state index is 12.2. The maximum absolute atomic E-state index is 12.2. The summed E-state index contributed by atoms with van der Waals surface area (Å²) in [5, 5.41) is 11.1. The van der Waals surface area contributed by atoms with E-state index in [9.17, 15) is 9.59 Å². The van der Waals surface area contributed by atoms with E-state index in [1.807, 2.05) is 12.1 Å². The summed E-state index contributed by atoms with van der Waals surface area (Å²) in [5.74, 6) is -0.210. The topological polar surface area (TPSA) is 87.3 Å². The van der Waals surface area contributed by atoms with Crippen LogP contribution in [0, 0.1) is 0 Å². The zero-order valence-corrected chi connectivity index (χ0v) is 12.3. The SMILES string of the molecule is CC1NN=C2SC(c3cc4ccccc4oc3=O)=NN2C1=O. The number of carbonyl (C=O) groups is 1. The molecule has 2 aliphatic rings. The van der Waals surface area contributed by atoms with Crippen LogP contribution in [-0.4, -0.2) is 27.2 Å². The van der Waals surface area contributed by atoms with Crippen molar-refractivity contribution in [2.75, 3.05) is 0 Å². The third kappa shape index (κ3) is 1.92. The van der Waals surface area contributed by atoms with Crippen LogP contribution in [0.5, 0.6) is 0 Å². The summed E-state index contributed by atoms with van der Waals surface area (Å²) in [7, 11) is 0. The molecule has 0 saturated carbocycles. The number of hydrazone groups is 2. The van der Waals surface area contributed by atoms with Gasteiger partial charge < -0.3 is 4.42 Å². The zero-order valence-electron chi connectivity index (χ0n) is 11.4. The second-order valence-corrected chi connectivity index (χ2v) is 5.84. The van der Waals surface area contributed by atoms with Gasteiger partial charge in [0.2, 0.25) is 5.17 Å². The Labute approximate surface area is 128 Å². The Balaban J connectivity index is 1.82. The highest BCUT2D eigenvalue weighted by Gasteiger charge is 2.36. The predicted octanol–water partition coefficient (Wildman–Crippen LogP) is 1.29. The van der Waals surface area contributed by atoms with Gasteiger partial charge in [-0.15, -0.1) is 0 Å². The Hall–Kier alpha value is -2.61. The summed E-state index contributed by atoms with van der Waals surface area (Å²) in [6.45, 7) is 1.70. The summed E-state index contributed by atoms with van der Waals surface area (Å²) >= 11 is 1.16. The van der Waals surface area contributed by atoms with Crippen molar-refractivity contribution >= 4 is 38.8 Å². The molecule has 1 unspecified atom stereocenters. The highest BCUT2D eigenvalue weighted by atomic mass is 32.2. The standard InChI is InChI=1S/C14H10N4O3S/c1-7-12(19)18-14(16-15-7)22-11(17-18)9-6-8-4-2-3-5-10(8)21-13(9)20/h2-7,15H,1H3. The van der Waals surface area contributed by atoms with Crippen molar-refractivity contribution in [2.45, 2.75) is 13.0 Å². The average Bonchev–Trinajstić information content (AvgIpc) is 2.95. The van der Waals surface area contributed by atoms with Crippen LogP contribution in [-0.2, 0) is 4.79 Å². The maximum Gasteiger partial charge on any atom is 0.346 e. The lowest BCUT2D eigenvalue weighted by Gasteiger charge is -2.21. The number of para-hydroxylation sites is 1. The van der Waals surface area contributed by atoms with Gasteiger partial charge in [0.05, 0.1) is 5.56 Å². The minimum Gasteiger partial charge on any atom is -0.422 e. The van der Waals surface area contributed by atoms with Gasteiger partial charge in [-0.3, -0.25) is 10.2 Å². The Morgan fingerprint density at radius 3 is 3.00 bits per heavy atom. The summed E-state index contributed by atoms with van der Waals surface area (Å²) in [6.07, 6.45) is 0. The summed E-state index contributed by atoms with van der Waals surface area (Å²) in [6, 6.07) is 8.51. The predicted molar refractivity (Wildman–Crippen MR) is 83.5 cm³/mol. The molecule has 1 amide bonds. The number of amides is 1. The van der Waals surface area contributed by atoms with E-state index >= 15 is 0 Å². The number of rotatable bonds is 1. The highest BCUT2D eigenvalue weighted by molar-refractivity contribution is 8.27. The van der Waals surface area contributed by atoms with E-state index in [-0.39, 0.29) is 5.91 Å². The van der Waals surface area contributed by atoms with E-state index in [1.165, 1.54) is 5.01 Å². The zero-order chi connectivity index (χ0) is 15.3. The molecule has 22 heavy (non-hydrogen) atoms. The van der Waals surface area contributed by atoms with Gasteiger partial charge in [-0.1, -0.05) is 18.2 Å². The lowest BCUT2D eigenvalue weighted by molar-refractivity contribution is -0.129. The highest BCUT2D eigenvalue weighted by Crippen LogP contribution is 2.27. The number of thioether (sulfide) groups is 1. The molecule has 7 nitrogen and oxygen atoms in total. The Kier molecular flexibility index (Phi) is 2.80. The minimum atomic E-state index is -0.487. The van der Waals surface area contributed by atoms with Crippen LogP contribution in [0.15, 0.2) is 49.7 Å². The molecule has 8 heteroatoms. The Bertz CT molecular complexity index is 918. The molecular formula is C14H10N4O3S. The van der Waals surface area contributed by atoms with E-state index in [0.29, 0.717) is 21.4 Å². The molecule has 3 heterocycles. The monoisotopic (exact) mass is 314 g/mol. The van der Waals surface area contributed by atoms with Crippen LogP contribution in [0.1, 0.15) is 12.5 Å². The lowest BCUT2D eigenvalue weighted by atomic mass is 10.2. The fraction of sp³-hybridized carbons (Fsp3) is 0.143. The number of nitrogens with zero attached hydrogens (tertiary/aromatic N) is 3. The fourth-order valence-corrected chi connectivity index (χ4v) is 3.07. The third-order valence-corrected chi connectivity index (χ3v) is 4.31. The van der Waals surface area contributed by atoms with Crippen molar-refractivity contribution in [1.29, 1.82) is 0 Å². The lowest BCUT2D eigenvalue weighted by Crippen LogP contribution is -2.46. The smallest absolute Gasteiger partial charge is 0.346 e. The van der Waals surface area contributed by atoms with Crippen molar-refractivity contribution in [3.05, 3.63) is 46.3 Å². The number of amidine groups is 1. The van der Waals surface area contributed by atoms with Crippen molar-refractivity contribution in [2.24, 2.45) is 10.2 Å². The second kappa shape index (κ2) is 4.70. The molecule has 0 aliphatic carbocycles. The second-order valence-electron chi connectivity index (χ2n) is 4.89. The molecule has 0 radical (unpaired) electrons. The van der Waals surface area contributed by atoms with Gasteiger partial charge in [-0.25, -0.2) is 4.79 Å². The molecule has 4 rings (SSSR count). The molecular weight excluding hydrogens is 304 g/mol. The molecule has 1 atom stereocenters. The Morgan fingerprint density at radius 2 is 2.14 bits per heavy atom. The molecule has 2 aromatic rings. The first-order valence-electron chi connectivity index (χ1n) is 6.60. The van der Waals surface area contributed by atoms with Gasteiger partial charge in [0, 0.05) is 5.39 Å². The quantitative estimate of drug-likeness (QED) is 0.802. The summed E-state index contributed by atoms with van der Waals surface area (Å²) in [5.41, 5.74) is 3.07. The number of hydrogen-bond acceptors (Lipinski definition) is 7. The number of carbonyl (C=O) groups excluding carboxylic acids is 1. The van der Waals surface area contributed by atoms with Gasteiger partial charge in [-0.05, 0) is 30.8 Å². The van der Waals surface area contributed by atoms with Crippen LogP contribution in [0.2, 0.25) is 0 Å². The van der Waals surface area contributed by atoms with E-state index in [2.05, 4.69) is 15.6 Å². The van der Waals surface area contributed by atoms with Crippen molar-refractivity contribution < 1.29 is 9.21 Å². The third-order valence-electron chi connectivity index (χ3n) is 3.36. The molecule has 0 fully saturated rings. The van der Waals surface area contributed by atoms with Crippen LogP contribution >= 0.6 is 11.8 Å². The fourth-order valence-electron chi connectivity index (χ4n) is 2.21. The molecule has 0 spiro atoms. The van der Waals surface area contributed by atoms with Gasteiger partial charge >= 0.3 is 5.63 Å². The number of fused-ring (bicyclic) bond motifs is 2. The van der Waals surface area contributed by atoms with E-state index in [1.54, 1.807) is 25.1 Å². The number of hydrogen-bond donors (Lipinski definition) is 1. The molecule has 1 N–H and O–H groups in total. The first-order chi connectivity index (χ1) is 10.6. The molecule has 0 saturated heterocycles. The van der Waals surface area contributed by atoms with Gasteiger partial charge in [0.1, 0.15) is 16.7 Å². The largest absolute Gasteiger partial charge is 0.422 e. The van der Waals surface area contributed by atoms with Gasteiger partial charge in [-0.2, -0.15) is 15.2 Å². The van der Waals surface area contributed by atoms with Crippen LogP contribution < -0.4 is 11.1 Å². The van der Waals surface area contributed by atoms with Gasteiger partial charge in [0.15, 0.2) is 0 Å². The molecule has 1 aromatic heterocycles. The minimum absolute atomic E-state index is 0.210. The van der Waals surface area contributed by atoms with Crippen molar-refractivity contribution in [1.82, 2.24) is 10.4 Å². The van der Waals surface area contributed by atoms with E-state index < -0.39 is 11.7 Å². The normalized spacial score (nSPS) is 20.5. The van der Waals surface area contributed by atoms with E-state index in [0.717, 1.165) is 17.1 Å². The number of benzene rings is 1. The first kappa shape index (κ1) is 13.1. The first-order valence-corrected chi connectivity index (χ1v) is 7.42. The summed E-state index contributed by atoms with van der Waals surface area (Å²) in [4.78, 5) is 24.2. The summed E-state index contributed by atoms with van der Waals surface area (Å²) < 4.78 is 5.30. The van der Waals surface area contributed by atoms with Crippen LogP contribution in [0.4, 0.5) is 0 Å². The van der Waals surface area contributed by atoms with Crippen LogP contribution in [0.3, 0.4) is 0 Å². The van der Waals surface area contributed by atoms with Gasteiger partial charge in [0.25, 0.3) is 5.91 Å². The molecule has 0 bridgehead atoms. The average molecular weight is 314 g/mol.